The van der Waals surface area contributed by atoms with Crippen molar-refractivity contribution in [1.29, 1.82) is 0 Å². The van der Waals surface area contributed by atoms with E-state index >= 15 is 0 Å². The van der Waals surface area contributed by atoms with Crippen LogP contribution in [0.1, 0.15) is 11.1 Å². The second kappa shape index (κ2) is 5.93. The van der Waals surface area contributed by atoms with Crippen LogP contribution in [0.4, 0.5) is 5.69 Å². The lowest BCUT2D eigenvalue weighted by Crippen LogP contribution is -2.10. The third kappa shape index (κ3) is 3.13. The van der Waals surface area contributed by atoms with E-state index in [-0.39, 0.29) is 17.6 Å². The van der Waals surface area contributed by atoms with Gasteiger partial charge in [0.05, 0.1) is 17.3 Å². The molecule has 3 rings (SSSR count). The van der Waals surface area contributed by atoms with Crippen LogP contribution in [0.3, 0.4) is 0 Å². The van der Waals surface area contributed by atoms with Crippen molar-refractivity contribution in [1.82, 2.24) is 0 Å². The fraction of sp³-hybridized carbons (Fsp3) is 0.133. The van der Waals surface area contributed by atoms with Gasteiger partial charge in [-0.2, -0.15) is 0 Å². The molecule has 0 spiro atoms. The van der Waals surface area contributed by atoms with Gasteiger partial charge in [-0.15, -0.1) is 0 Å². The molecule has 0 atom stereocenters. The van der Waals surface area contributed by atoms with Gasteiger partial charge < -0.3 is 14.6 Å². The van der Waals surface area contributed by atoms with Crippen molar-refractivity contribution in [3.05, 3.63) is 51.5 Å². The van der Waals surface area contributed by atoms with Crippen LogP contribution < -0.4 is 4.74 Å². The predicted molar refractivity (Wildman–Crippen MR) is 82.1 cm³/mol. The molecule has 0 aliphatic carbocycles. The highest BCUT2D eigenvalue weighted by Gasteiger charge is 2.10. The molecule has 2 aromatic rings. The van der Waals surface area contributed by atoms with E-state index in [1.54, 1.807) is 6.07 Å². The summed E-state index contributed by atoms with van der Waals surface area (Å²) in [5.74, 6) is 0.753. The molecule has 0 bridgehead atoms. The van der Waals surface area contributed by atoms with Crippen molar-refractivity contribution in [3.63, 3.8) is 0 Å². The van der Waals surface area contributed by atoms with Gasteiger partial charge in [0.15, 0.2) is 6.79 Å². The Kier molecular flexibility index (Phi) is 4.01. The van der Waals surface area contributed by atoms with Crippen molar-refractivity contribution < 1.29 is 14.6 Å². The van der Waals surface area contributed by atoms with Gasteiger partial charge in [-0.05, 0) is 30.3 Å². The molecule has 0 saturated heterocycles. The first kappa shape index (κ1) is 14.2. The summed E-state index contributed by atoms with van der Waals surface area (Å²) >= 11 is 11.8. The summed E-state index contributed by atoms with van der Waals surface area (Å²) in [6, 6.07) is 8.60. The molecular formula is C15H11Cl2NO3. The van der Waals surface area contributed by atoms with Gasteiger partial charge in [-0.25, -0.2) is 0 Å². The van der Waals surface area contributed by atoms with Crippen LogP contribution >= 0.6 is 23.2 Å². The number of ether oxygens (including phenoxy) is 2. The maximum Gasteiger partial charge on any atom is 0.189 e. The van der Waals surface area contributed by atoms with Crippen LogP contribution in [0.2, 0.25) is 10.0 Å². The molecule has 0 unspecified atom stereocenters. The number of nitrogens with zero attached hydrogens (tertiary/aromatic N) is 1. The molecule has 1 aliphatic rings. The predicted octanol–water partition coefficient (Wildman–Crippen LogP) is 4.32. The fourth-order valence-corrected chi connectivity index (χ4v) is 2.49. The Morgan fingerprint density at radius 1 is 1.19 bits per heavy atom. The van der Waals surface area contributed by atoms with E-state index in [0.29, 0.717) is 17.2 Å². The molecule has 2 aromatic carbocycles. The van der Waals surface area contributed by atoms with Gasteiger partial charge in [-0.3, -0.25) is 4.99 Å². The van der Waals surface area contributed by atoms with Gasteiger partial charge in [0, 0.05) is 22.4 Å². The smallest absolute Gasteiger partial charge is 0.189 e. The second-order valence-electron chi connectivity index (χ2n) is 4.49. The lowest BCUT2D eigenvalue weighted by Gasteiger charge is -2.17. The number of phenolic OH excluding ortho intramolecular Hbond substituents is 1. The minimum absolute atomic E-state index is 0.0468. The molecule has 1 aliphatic heterocycles. The van der Waals surface area contributed by atoms with E-state index in [2.05, 4.69) is 4.99 Å². The Morgan fingerprint density at radius 3 is 2.90 bits per heavy atom. The standard InChI is InChI=1S/C15H11Cl2NO3/c16-11-3-9(15(19)13(17)5-11)6-18-12-1-2-14-10(4-12)7-20-8-21-14/h1-6,19H,7-8H2/b18-6+. The van der Waals surface area contributed by atoms with E-state index < -0.39 is 0 Å². The molecule has 21 heavy (non-hydrogen) atoms. The van der Waals surface area contributed by atoms with Crippen molar-refractivity contribution in [2.75, 3.05) is 6.79 Å². The maximum atomic E-state index is 9.87. The van der Waals surface area contributed by atoms with Gasteiger partial charge in [0.25, 0.3) is 0 Å². The fourth-order valence-electron chi connectivity index (χ4n) is 1.98. The zero-order valence-corrected chi connectivity index (χ0v) is 12.4. The monoisotopic (exact) mass is 323 g/mol. The van der Waals surface area contributed by atoms with Gasteiger partial charge in [0.1, 0.15) is 11.5 Å². The van der Waals surface area contributed by atoms with Gasteiger partial charge in [0.2, 0.25) is 0 Å². The lowest BCUT2D eigenvalue weighted by molar-refractivity contribution is -0.0163. The first-order chi connectivity index (χ1) is 10.1. The molecular weight excluding hydrogens is 313 g/mol. The molecule has 108 valence electrons. The van der Waals surface area contributed by atoms with Crippen LogP contribution in [-0.4, -0.2) is 18.1 Å². The molecule has 1 N–H and O–H groups in total. The quantitative estimate of drug-likeness (QED) is 0.837. The molecule has 0 radical (unpaired) electrons. The Balaban J connectivity index is 1.89. The Labute approximate surface area is 131 Å². The average Bonchev–Trinajstić information content (AvgIpc) is 2.49. The summed E-state index contributed by atoms with van der Waals surface area (Å²) in [6.45, 7) is 0.761. The maximum absolute atomic E-state index is 9.87. The van der Waals surface area contributed by atoms with Crippen LogP contribution in [0.15, 0.2) is 35.3 Å². The summed E-state index contributed by atoms with van der Waals surface area (Å²) in [5, 5.41) is 10.5. The van der Waals surface area contributed by atoms with Crippen molar-refractivity contribution in [2.45, 2.75) is 6.61 Å². The highest BCUT2D eigenvalue weighted by atomic mass is 35.5. The largest absolute Gasteiger partial charge is 0.506 e. The van der Waals surface area contributed by atoms with Crippen LogP contribution in [0.5, 0.6) is 11.5 Å². The number of rotatable bonds is 2. The van der Waals surface area contributed by atoms with Crippen molar-refractivity contribution >= 4 is 35.1 Å². The van der Waals surface area contributed by atoms with Crippen LogP contribution in [0, 0.1) is 0 Å². The molecule has 0 saturated carbocycles. The van der Waals surface area contributed by atoms with E-state index in [1.165, 1.54) is 12.3 Å². The number of phenols is 1. The Morgan fingerprint density at radius 2 is 2.05 bits per heavy atom. The number of aliphatic imine (C=N–C) groups is 1. The summed E-state index contributed by atoms with van der Waals surface area (Å²) in [4.78, 5) is 4.31. The summed E-state index contributed by atoms with van der Waals surface area (Å²) < 4.78 is 10.6. The minimum Gasteiger partial charge on any atom is -0.506 e. The molecule has 0 aromatic heterocycles. The van der Waals surface area contributed by atoms with Crippen molar-refractivity contribution in [2.24, 2.45) is 4.99 Å². The number of hydrogen-bond donors (Lipinski definition) is 1. The zero-order valence-electron chi connectivity index (χ0n) is 10.8. The normalized spacial score (nSPS) is 14.0. The van der Waals surface area contributed by atoms with Crippen LogP contribution in [0.25, 0.3) is 0 Å². The first-order valence-corrected chi connectivity index (χ1v) is 6.94. The van der Waals surface area contributed by atoms with Crippen LogP contribution in [-0.2, 0) is 11.3 Å². The average molecular weight is 324 g/mol. The highest BCUT2D eigenvalue weighted by Crippen LogP contribution is 2.31. The number of fused-ring (bicyclic) bond motifs is 1. The van der Waals surface area contributed by atoms with Gasteiger partial charge in [-0.1, -0.05) is 23.2 Å². The third-order valence-corrected chi connectivity index (χ3v) is 3.52. The summed E-state index contributed by atoms with van der Waals surface area (Å²) in [6.07, 6.45) is 1.51. The summed E-state index contributed by atoms with van der Waals surface area (Å²) in [7, 11) is 0. The number of halogens is 2. The first-order valence-electron chi connectivity index (χ1n) is 6.19. The Hall–Kier alpha value is -1.75. The number of aromatic hydroxyl groups is 1. The van der Waals surface area contributed by atoms with Gasteiger partial charge >= 0.3 is 0 Å². The molecule has 6 heteroatoms. The minimum atomic E-state index is -0.0468. The van der Waals surface area contributed by atoms with E-state index in [0.717, 1.165) is 17.0 Å². The van der Waals surface area contributed by atoms with E-state index in [9.17, 15) is 5.11 Å². The van der Waals surface area contributed by atoms with Crippen molar-refractivity contribution in [3.8, 4) is 11.5 Å². The molecule has 0 fully saturated rings. The van der Waals surface area contributed by atoms with E-state index in [4.69, 9.17) is 32.7 Å². The Bertz CT molecular complexity index is 716. The number of benzene rings is 2. The summed E-state index contributed by atoms with van der Waals surface area (Å²) in [5.41, 5.74) is 2.11. The SMILES string of the molecule is Oc1c(Cl)cc(Cl)cc1/C=N/c1ccc2c(c1)COCO2. The number of hydrogen-bond acceptors (Lipinski definition) is 4. The second-order valence-corrected chi connectivity index (χ2v) is 5.33. The highest BCUT2D eigenvalue weighted by molar-refractivity contribution is 6.36. The third-order valence-electron chi connectivity index (χ3n) is 3.01. The topological polar surface area (TPSA) is 51.1 Å². The molecule has 4 nitrogen and oxygen atoms in total. The van der Waals surface area contributed by atoms with E-state index in [1.807, 2.05) is 18.2 Å². The molecule has 1 heterocycles. The molecule has 0 amide bonds. The zero-order chi connectivity index (χ0) is 14.8. The lowest BCUT2D eigenvalue weighted by atomic mass is 10.1.